The zero-order valence-corrected chi connectivity index (χ0v) is 14.8. The largest absolute Gasteiger partial charge is 0.497 e. The van der Waals surface area contributed by atoms with Crippen molar-refractivity contribution in [3.05, 3.63) is 72.1 Å². The number of anilines is 3. The summed E-state index contributed by atoms with van der Waals surface area (Å²) in [5.41, 5.74) is 13.3. The van der Waals surface area contributed by atoms with Crippen molar-refractivity contribution in [2.75, 3.05) is 23.6 Å². The minimum atomic E-state index is -0.325. The number of hydrogen-bond donors (Lipinski definition) is 4. The van der Waals surface area contributed by atoms with Crippen molar-refractivity contribution < 1.29 is 9.53 Å². The lowest BCUT2D eigenvalue weighted by Crippen LogP contribution is -2.30. The third kappa shape index (κ3) is 4.63. The molecule has 0 radical (unpaired) electrons. The van der Waals surface area contributed by atoms with E-state index in [1.54, 1.807) is 31.4 Å². The van der Waals surface area contributed by atoms with Gasteiger partial charge in [0.05, 0.1) is 7.11 Å². The van der Waals surface area contributed by atoms with E-state index < -0.39 is 0 Å². The molecule has 8 heteroatoms. The molecule has 0 atom stereocenters. The highest BCUT2D eigenvalue weighted by Crippen LogP contribution is 2.22. The predicted molar refractivity (Wildman–Crippen MR) is 104 cm³/mol. The van der Waals surface area contributed by atoms with Gasteiger partial charge < -0.3 is 15.8 Å². The van der Waals surface area contributed by atoms with Gasteiger partial charge in [-0.15, -0.1) is 0 Å². The van der Waals surface area contributed by atoms with Gasteiger partial charge in [0.2, 0.25) is 0 Å². The zero-order chi connectivity index (χ0) is 19.1. The summed E-state index contributed by atoms with van der Waals surface area (Å²) in [6.07, 6.45) is 1.37. The Kier molecular flexibility index (Phi) is 5.68. The number of ether oxygens (including phenoxy) is 1. The number of hydrazine groups is 1. The molecule has 0 aliphatic rings. The number of nitrogens with one attached hydrogen (secondary N) is 3. The smallest absolute Gasteiger partial charge is 0.269 e. The Morgan fingerprint density at radius 3 is 2.44 bits per heavy atom. The van der Waals surface area contributed by atoms with Crippen LogP contribution in [0, 0.1) is 0 Å². The lowest BCUT2D eigenvalue weighted by molar-refractivity contribution is 0.0962. The second-order valence-electron chi connectivity index (χ2n) is 5.63. The molecule has 0 saturated carbocycles. The van der Waals surface area contributed by atoms with E-state index in [-0.39, 0.29) is 5.91 Å². The molecule has 0 saturated heterocycles. The molecule has 0 aliphatic carbocycles. The fourth-order valence-corrected chi connectivity index (χ4v) is 2.35. The van der Waals surface area contributed by atoms with Crippen LogP contribution in [-0.4, -0.2) is 23.0 Å². The molecule has 1 aromatic heterocycles. The predicted octanol–water partition coefficient (Wildman–Crippen LogP) is 2.44. The van der Waals surface area contributed by atoms with E-state index in [2.05, 4.69) is 26.1 Å². The van der Waals surface area contributed by atoms with E-state index in [1.165, 1.54) is 6.33 Å². The number of amides is 1. The zero-order valence-electron chi connectivity index (χ0n) is 14.8. The fraction of sp³-hybridized carbons (Fsp3) is 0.105. The van der Waals surface area contributed by atoms with Crippen molar-refractivity contribution >= 4 is 23.2 Å². The van der Waals surface area contributed by atoms with Crippen molar-refractivity contribution in [2.24, 2.45) is 0 Å². The number of aromatic nitrogens is 2. The summed E-state index contributed by atoms with van der Waals surface area (Å²) >= 11 is 0. The summed E-state index contributed by atoms with van der Waals surface area (Å²) in [5, 5.41) is 3.16. The first-order valence-corrected chi connectivity index (χ1v) is 8.26. The third-order valence-electron chi connectivity index (χ3n) is 3.83. The van der Waals surface area contributed by atoms with Gasteiger partial charge in [-0.3, -0.25) is 15.6 Å². The second-order valence-corrected chi connectivity index (χ2v) is 5.63. The van der Waals surface area contributed by atoms with Crippen LogP contribution in [0.25, 0.3) is 0 Å². The molecule has 27 heavy (non-hydrogen) atoms. The highest BCUT2D eigenvalue weighted by Gasteiger charge is 2.10. The van der Waals surface area contributed by atoms with E-state index in [9.17, 15) is 4.79 Å². The van der Waals surface area contributed by atoms with E-state index in [1.807, 2.05) is 30.3 Å². The van der Waals surface area contributed by atoms with Gasteiger partial charge in [-0.05, 0) is 29.8 Å². The van der Waals surface area contributed by atoms with Crippen LogP contribution in [0.1, 0.15) is 15.9 Å². The topological polar surface area (TPSA) is 114 Å². The Morgan fingerprint density at radius 1 is 1.04 bits per heavy atom. The molecule has 5 N–H and O–H groups in total. The Morgan fingerprint density at radius 2 is 1.74 bits per heavy atom. The first kappa shape index (κ1) is 18.0. The second kappa shape index (κ2) is 8.52. The van der Waals surface area contributed by atoms with Crippen LogP contribution in [0.15, 0.2) is 60.9 Å². The number of carbonyl (C=O) groups is 1. The summed E-state index contributed by atoms with van der Waals surface area (Å²) in [6.45, 7) is 0.569. The van der Waals surface area contributed by atoms with Gasteiger partial charge in [0.25, 0.3) is 5.91 Å². The maximum Gasteiger partial charge on any atom is 0.269 e. The van der Waals surface area contributed by atoms with Crippen molar-refractivity contribution in [3.63, 3.8) is 0 Å². The highest BCUT2D eigenvalue weighted by atomic mass is 16.5. The maximum absolute atomic E-state index is 12.2. The van der Waals surface area contributed by atoms with Gasteiger partial charge in [-0.2, -0.15) is 0 Å². The number of rotatable bonds is 7. The Hall–Kier alpha value is -3.81. The summed E-state index contributed by atoms with van der Waals surface area (Å²) in [7, 11) is 1.57. The molecule has 0 spiro atoms. The molecule has 1 amide bonds. The SMILES string of the molecule is COc1ccc(C(=O)NNc2ncnc(NCc3ccccc3)c2N)cc1. The van der Waals surface area contributed by atoms with Gasteiger partial charge in [0.1, 0.15) is 17.8 Å². The molecule has 138 valence electrons. The molecular weight excluding hydrogens is 344 g/mol. The quantitative estimate of drug-likeness (QED) is 0.476. The van der Waals surface area contributed by atoms with Crippen LogP contribution in [0.2, 0.25) is 0 Å². The number of benzene rings is 2. The van der Waals surface area contributed by atoms with Gasteiger partial charge in [-0.25, -0.2) is 9.97 Å². The number of hydrogen-bond acceptors (Lipinski definition) is 7. The van der Waals surface area contributed by atoms with Gasteiger partial charge in [0, 0.05) is 12.1 Å². The third-order valence-corrected chi connectivity index (χ3v) is 3.83. The van der Waals surface area contributed by atoms with Gasteiger partial charge in [-0.1, -0.05) is 30.3 Å². The minimum Gasteiger partial charge on any atom is -0.497 e. The van der Waals surface area contributed by atoms with Crippen molar-refractivity contribution in [1.82, 2.24) is 15.4 Å². The first-order valence-electron chi connectivity index (χ1n) is 8.26. The lowest BCUT2D eigenvalue weighted by atomic mass is 10.2. The van der Waals surface area contributed by atoms with Crippen molar-refractivity contribution in [2.45, 2.75) is 6.54 Å². The standard InChI is InChI=1S/C19H20N6O2/c1-27-15-9-7-14(8-10-15)19(26)25-24-18-16(20)17(22-12-23-18)21-11-13-5-3-2-4-6-13/h2-10,12H,11,20H2,1H3,(H,25,26)(H2,21,22,23,24). The Bertz CT molecular complexity index is 900. The first-order chi connectivity index (χ1) is 13.2. The van der Waals surface area contributed by atoms with Gasteiger partial charge in [0.15, 0.2) is 11.6 Å². The molecule has 8 nitrogen and oxygen atoms in total. The molecule has 0 bridgehead atoms. The number of methoxy groups -OCH3 is 1. The fourth-order valence-electron chi connectivity index (χ4n) is 2.35. The summed E-state index contributed by atoms with van der Waals surface area (Å²) < 4.78 is 5.07. The molecule has 3 aromatic rings. The Balaban J connectivity index is 1.62. The van der Waals surface area contributed by atoms with E-state index >= 15 is 0 Å². The normalized spacial score (nSPS) is 10.1. The monoisotopic (exact) mass is 364 g/mol. The molecular formula is C19H20N6O2. The highest BCUT2D eigenvalue weighted by molar-refractivity contribution is 5.95. The van der Waals surface area contributed by atoms with Crippen LogP contribution in [0.3, 0.4) is 0 Å². The number of nitrogens with zero attached hydrogens (tertiary/aromatic N) is 2. The average Bonchev–Trinajstić information content (AvgIpc) is 2.72. The van der Waals surface area contributed by atoms with E-state index in [0.29, 0.717) is 35.2 Å². The van der Waals surface area contributed by atoms with E-state index in [0.717, 1.165) is 5.56 Å². The Labute approximate surface area is 156 Å². The lowest BCUT2D eigenvalue weighted by Gasteiger charge is -2.13. The van der Waals surface area contributed by atoms with E-state index in [4.69, 9.17) is 10.5 Å². The van der Waals surface area contributed by atoms with Crippen LogP contribution >= 0.6 is 0 Å². The average molecular weight is 364 g/mol. The molecule has 3 rings (SSSR count). The van der Waals surface area contributed by atoms with Crippen LogP contribution in [-0.2, 0) is 6.54 Å². The number of carbonyl (C=O) groups excluding carboxylic acids is 1. The molecule has 1 heterocycles. The number of nitrogens with two attached hydrogens (primary N) is 1. The maximum atomic E-state index is 12.2. The number of nitrogen functional groups attached to an aromatic ring is 1. The summed E-state index contributed by atoms with van der Waals surface area (Å²) in [5.74, 6) is 1.14. The molecule has 0 fully saturated rings. The van der Waals surface area contributed by atoms with Crippen LogP contribution < -0.4 is 26.6 Å². The summed E-state index contributed by atoms with van der Waals surface area (Å²) in [6, 6.07) is 16.6. The molecule has 2 aromatic carbocycles. The van der Waals surface area contributed by atoms with Gasteiger partial charge >= 0.3 is 0 Å². The minimum absolute atomic E-state index is 0.308. The summed E-state index contributed by atoms with van der Waals surface area (Å²) in [4.78, 5) is 20.4. The van der Waals surface area contributed by atoms with Crippen LogP contribution in [0.4, 0.5) is 17.3 Å². The molecule has 0 aliphatic heterocycles. The van der Waals surface area contributed by atoms with Crippen molar-refractivity contribution in [3.8, 4) is 5.75 Å². The molecule has 0 unspecified atom stereocenters. The van der Waals surface area contributed by atoms with Crippen LogP contribution in [0.5, 0.6) is 5.75 Å². The van der Waals surface area contributed by atoms with Crippen molar-refractivity contribution in [1.29, 1.82) is 0 Å².